The van der Waals surface area contributed by atoms with Crippen LogP contribution in [0.25, 0.3) is 0 Å². The topological polar surface area (TPSA) is 57.2 Å². The molecule has 148 valence electrons. The second-order valence-corrected chi connectivity index (χ2v) is 7.54. The summed E-state index contributed by atoms with van der Waals surface area (Å²) < 4.78 is 22.7. The minimum atomic E-state index is -0.189. The highest BCUT2D eigenvalue weighted by Crippen LogP contribution is 2.51. The minimum Gasteiger partial charge on any atom is -0.496 e. The molecule has 7 heteroatoms. The van der Waals surface area contributed by atoms with E-state index in [0.29, 0.717) is 49.4 Å². The van der Waals surface area contributed by atoms with Crippen molar-refractivity contribution in [2.75, 3.05) is 32.7 Å². The van der Waals surface area contributed by atoms with Gasteiger partial charge in [0.1, 0.15) is 30.1 Å². The monoisotopic (exact) mass is 401 g/mol. The summed E-state index contributed by atoms with van der Waals surface area (Å²) in [4.78, 5) is 14.5. The fourth-order valence-electron chi connectivity index (χ4n) is 3.45. The first-order chi connectivity index (χ1) is 13.7. The van der Waals surface area contributed by atoms with E-state index in [1.54, 1.807) is 18.9 Å². The van der Waals surface area contributed by atoms with Gasteiger partial charge in [0, 0.05) is 6.54 Å². The van der Waals surface area contributed by atoms with Crippen molar-refractivity contribution in [1.82, 2.24) is 4.90 Å². The molecule has 0 aliphatic carbocycles. The van der Waals surface area contributed by atoms with Gasteiger partial charge in [-0.2, -0.15) is 0 Å². The summed E-state index contributed by atoms with van der Waals surface area (Å²) in [6.07, 6.45) is 0. The highest BCUT2D eigenvalue weighted by molar-refractivity contribution is 8.00. The van der Waals surface area contributed by atoms with Gasteiger partial charge in [-0.3, -0.25) is 4.79 Å². The van der Waals surface area contributed by atoms with E-state index in [1.165, 1.54) is 0 Å². The van der Waals surface area contributed by atoms with Crippen LogP contribution in [0.4, 0.5) is 0 Å². The lowest BCUT2D eigenvalue weighted by molar-refractivity contribution is -0.128. The molecule has 0 aromatic heterocycles. The maximum atomic E-state index is 12.7. The number of ether oxygens (including phenoxy) is 4. The predicted octanol–water partition coefficient (Wildman–Crippen LogP) is 3.64. The average molecular weight is 401 g/mol. The first-order valence-electron chi connectivity index (χ1n) is 9.30. The first-order valence-corrected chi connectivity index (χ1v) is 10.4. The van der Waals surface area contributed by atoms with Crippen LogP contribution in [0.3, 0.4) is 0 Å². The van der Waals surface area contributed by atoms with Gasteiger partial charge in [-0.25, -0.2) is 0 Å². The summed E-state index contributed by atoms with van der Waals surface area (Å²) in [5.74, 6) is 3.43. The lowest BCUT2D eigenvalue weighted by Crippen LogP contribution is -2.28. The standard InChI is InChI=1S/C21H23NO5S/c1-3-25-15-6-4-14(5-7-15)12-22-18(23)13-28-21(22)19-16(24-2)8-9-17-20(19)27-11-10-26-17/h4-9,21H,3,10-13H2,1-2H3. The second kappa shape index (κ2) is 8.22. The van der Waals surface area contributed by atoms with Crippen LogP contribution < -0.4 is 18.9 Å². The molecule has 0 bridgehead atoms. The Bertz CT molecular complexity index is 855. The maximum Gasteiger partial charge on any atom is 0.234 e. The molecule has 0 radical (unpaired) electrons. The highest BCUT2D eigenvalue weighted by atomic mass is 32.2. The number of rotatable bonds is 6. The Morgan fingerprint density at radius 2 is 1.93 bits per heavy atom. The molecule has 1 unspecified atom stereocenters. The third-order valence-corrected chi connectivity index (χ3v) is 5.95. The lowest BCUT2D eigenvalue weighted by atomic mass is 10.1. The van der Waals surface area contributed by atoms with Gasteiger partial charge in [-0.15, -0.1) is 11.8 Å². The molecule has 6 nitrogen and oxygen atoms in total. The van der Waals surface area contributed by atoms with Gasteiger partial charge >= 0.3 is 0 Å². The number of fused-ring (bicyclic) bond motifs is 1. The Morgan fingerprint density at radius 3 is 2.68 bits per heavy atom. The zero-order chi connectivity index (χ0) is 19.5. The predicted molar refractivity (Wildman–Crippen MR) is 107 cm³/mol. The van der Waals surface area contributed by atoms with E-state index in [1.807, 2.05) is 48.2 Å². The molecule has 1 saturated heterocycles. The number of hydrogen-bond acceptors (Lipinski definition) is 6. The van der Waals surface area contributed by atoms with Crippen LogP contribution in [0, 0.1) is 0 Å². The van der Waals surface area contributed by atoms with Gasteiger partial charge in [0.2, 0.25) is 5.91 Å². The van der Waals surface area contributed by atoms with Gasteiger partial charge < -0.3 is 23.8 Å². The molecule has 4 rings (SSSR count). The highest BCUT2D eigenvalue weighted by Gasteiger charge is 2.38. The minimum absolute atomic E-state index is 0.0975. The molecular weight excluding hydrogens is 378 g/mol. The largest absolute Gasteiger partial charge is 0.496 e. The number of hydrogen-bond donors (Lipinski definition) is 0. The van der Waals surface area contributed by atoms with E-state index in [-0.39, 0.29) is 11.3 Å². The van der Waals surface area contributed by atoms with Crippen LogP contribution in [0.1, 0.15) is 23.4 Å². The summed E-state index contributed by atoms with van der Waals surface area (Å²) in [6.45, 7) is 4.10. The van der Waals surface area contributed by atoms with E-state index in [2.05, 4.69) is 0 Å². The van der Waals surface area contributed by atoms with Crippen molar-refractivity contribution in [2.45, 2.75) is 18.8 Å². The van der Waals surface area contributed by atoms with E-state index < -0.39 is 0 Å². The summed E-state index contributed by atoms with van der Waals surface area (Å²) in [7, 11) is 1.63. The van der Waals surface area contributed by atoms with Gasteiger partial charge in [0.05, 0.1) is 25.0 Å². The van der Waals surface area contributed by atoms with Gasteiger partial charge in [0.15, 0.2) is 11.5 Å². The second-order valence-electron chi connectivity index (χ2n) is 6.47. The van der Waals surface area contributed by atoms with Crippen molar-refractivity contribution in [3.05, 3.63) is 47.5 Å². The van der Waals surface area contributed by atoms with Crippen molar-refractivity contribution in [3.8, 4) is 23.0 Å². The number of thioether (sulfide) groups is 1. The van der Waals surface area contributed by atoms with Gasteiger partial charge in [-0.1, -0.05) is 12.1 Å². The normalized spacial score (nSPS) is 18.3. The average Bonchev–Trinajstić information content (AvgIpc) is 3.08. The zero-order valence-electron chi connectivity index (χ0n) is 16.0. The van der Waals surface area contributed by atoms with Crippen molar-refractivity contribution in [1.29, 1.82) is 0 Å². The molecule has 2 aliphatic rings. The molecule has 1 fully saturated rings. The van der Waals surface area contributed by atoms with Crippen LogP contribution >= 0.6 is 11.8 Å². The molecule has 2 aromatic rings. The van der Waals surface area contributed by atoms with Crippen molar-refractivity contribution in [3.63, 3.8) is 0 Å². The molecule has 1 amide bonds. The van der Waals surface area contributed by atoms with Crippen molar-refractivity contribution < 1.29 is 23.7 Å². The molecule has 2 aromatic carbocycles. The molecular formula is C21H23NO5S. The smallest absolute Gasteiger partial charge is 0.234 e. The number of amides is 1. The number of methoxy groups -OCH3 is 1. The summed E-state index contributed by atoms with van der Waals surface area (Å²) in [5, 5.41) is -0.189. The van der Waals surface area contributed by atoms with E-state index in [9.17, 15) is 4.79 Å². The quantitative estimate of drug-likeness (QED) is 0.737. The van der Waals surface area contributed by atoms with Gasteiger partial charge in [0.25, 0.3) is 0 Å². The van der Waals surface area contributed by atoms with Crippen LogP contribution in [0.5, 0.6) is 23.0 Å². The van der Waals surface area contributed by atoms with E-state index in [0.717, 1.165) is 16.9 Å². The van der Waals surface area contributed by atoms with Crippen molar-refractivity contribution in [2.24, 2.45) is 0 Å². The first kappa shape index (κ1) is 18.8. The number of carbonyl (C=O) groups is 1. The molecule has 28 heavy (non-hydrogen) atoms. The van der Waals surface area contributed by atoms with Crippen LogP contribution in [-0.2, 0) is 11.3 Å². The number of nitrogens with zero attached hydrogens (tertiary/aromatic N) is 1. The maximum absolute atomic E-state index is 12.7. The zero-order valence-corrected chi connectivity index (χ0v) is 16.8. The van der Waals surface area contributed by atoms with Crippen LogP contribution in [-0.4, -0.2) is 43.5 Å². The Hall–Kier alpha value is -2.54. The van der Waals surface area contributed by atoms with Crippen LogP contribution in [0.15, 0.2) is 36.4 Å². The lowest BCUT2D eigenvalue weighted by Gasteiger charge is -2.29. The fourth-order valence-corrected chi connectivity index (χ4v) is 4.68. The Morgan fingerprint density at radius 1 is 1.14 bits per heavy atom. The Kier molecular flexibility index (Phi) is 5.52. The third-order valence-electron chi connectivity index (χ3n) is 4.73. The molecule has 0 N–H and O–H groups in total. The van der Waals surface area contributed by atoms with Crippen LogP contribution in [0.2, 0.25) is 0 Å². The van der Waals surface area contributed by atoms with E-state index >= 15 is 0 Å². The third kappa shape index (κ3) is 3.58. The van der Waals surface area contributed by atoms with E-state index in [4.69, 9.17) is 18.9 Å². The Balaban J connectivity index is 1.65. The Labute approximate surface area is 168 Å². The molecule has 2 aliphatic heterocycles. The molecule has 0 saturated carbocycles. The number of benzene rings is 2. The summed E-state index contributed by atoms with van der Waals surface area (Å²) in [5.41, 5.74) is 1.91. The molecule has 0 spiro atoms. The molecule has 2 heterocycles. The SMILES string of the molecule is CCOc1ccc(CN2C(=O)CSC2c2c(OC)ccc3c2OCCO3)cc1. The van der Waals surface area contributed by atoms with Gasteiger partial charge in [-0.05, 0) is 36.8 Å². The van der Waals surface area contributed by atoms with Crippen molar-refractivity contribution >= 4 is 17.7 Å². The summed E-state index contributed by atoms with van der Waals surface area (Å²) >= 11 is 1.58. The molecule has 1 atom stereocenters. The fraction of sp³-hybridized carbons (Fsp3) is 0.381. The number of carbonyl (C=O) groups excluding carboxylic acids is 1. The summed E-state index contributed by atoms with van der Waals surface area (Å²) in [6, 6.07) is 11.6.